The lowest BCUT2D eigenvalue weighted by Crippen LogP contribution is -2.67. The summed E-state index contributed by atoms with van der Waals surface area (Å²) >= 11 is 0. The number of carbonyl (C=O) groups excluding carboxylic acids is 1. The summed E-state index contributed by atoms with van der Waals surface area (Å²) in [5.74, 6) is 0.963. The molecule has 1 unspecified atom stereocenters. The van der Waals surface area contributed by atoms with Crippen LogP contribution in [0.2, 0.25) is 0 Å². The van der Waals surface area contributed by atoms with E-state index in [1.807, 2.05) is 4.90 Å². The molecule has 1 atom stereocenters. The van der Waals surface area contributed by atoms with Crippen molar-refractivity contribution in [3.05, 3.63) is 28.7 Å². The Morgan fingerprint density at radius 3 is 2.54 bits per heavy atom. The molecule has 1 aromatic heterocycles. The van der Waals surface area contributed by atoms with Crippen molar-refractivity contribution >= 4 is 11.6 Å². The summed E-state index contributed by atoms with van der Waals surface area (Å²) in [7, 11) is 1.73. The molecule has 0 radical (unpaired) electrons. The summed E-state index contributed by atoms with van der Waals surface area (Å²) in [6.07, 6.45) is 6.27. The van der Waals surface area contributed by atoms with E-state index in [9.17, 15) is 9.59 Å². The molecule has 5 heteroatoms. The van der Waals surface area contributed by atoms with E-state index in [1.165, 1.54) is 23.5 Å². The quantitative estimate of drug-likeness (QED) is 0.778. The summed E-state index contributed by atoms with van der Waals surface area (Å²) in [4.78, 5) is 28.8. The van der Waals surface area contributed by atoms with E-state index in [-0.39, 0.29) is 16.9 Å². The minimum Gasteiger partial charge on any atom is -0.317 e. The fourth-order valence-corrected chi connectivity index (χ4v) is 4.18. The average Bonchev–Trinajstić information content (AvgIpc) is 2.60. The van der Waals surface area contributed by atoms with Gasteiger partial charge in [0.05, 0.1) is 11.1 Å². The maximum absolute atomic E-state index is 12.9. The second-order valence-electron chi connectivity index (χ2n) is 7.53. The molecule has 0 bridgehead atoms. The molecule has 3 rings (SSSR count). The van der Waals surface area contributed by atoms with Gasteiger partial charge in [0.25, 0.3) is 0 Å². The predicted molar refractivity (Wildman–Crippen MR) is 96.2 cm³/mol. The molecule has 1 aromatic rings. The minimum absolute atomic E-state index is 0.0459. The van der Waals surface area contributed by atoms with Crippen molar-refractivity contribution in [2.75, 3.05) is 31.1 Å². The van der Waals surface area contributed by atoms with Crippen LogP contribution in [-0.2, 0) is 11.8 Å². The van der Waals surface area contributed by atoms with Crippen LogP contribution in [0.15, 0.2) is 23.1 Å². The van der Waals surface area contributed by atoms with Crippen molar-refractivity contribution in [3.8, 4) is 0 Å². The molecule has 3 heterocycles. The third-order valence-corrected chi connectivity index (χ3v) is 5.87. The summed E-state index contributed by atoms with van der Waals surface area (Å²) < 4.78 is 1.54. The van der Waals surface area contributed by atoms with Gasteiger partial charge in [0.2, 0.25) is 11.5 Å². The van der Waals surface area contributed by atoms with Crippen LogP contribution in [0.1, 0.15) is 39.5 Å². The first-order valence-electron chi connectivity index (χ1n) is 9.20. The molecular formula is C19H29N3O2. The average molecular weight is 331 g/mol. The van der Waals surface area contributed by atoms with Crippen molar-refractivity contribution in [3.63, 3.8) is 0 Å². The van der Waals surface area contributed by atoms with Crippen molar-refractivity contribution in [1.82, 2.24) is 9.47 Å². The maximum atomic E-state index is 12.9. The molecule has 2 saturated heterocycles. The van der Waals surface area contributed by atoms with Gasteiger partial charge in [0, 0.05) is 38.9 Å². The van der Waals surface area contributed by atoms with E-state index >= 15 is 0 Å². The van der Waals surface area contributed by atoms with Gasteiger partial charge in [-0.2, -0.15) is 0 Å². The number of carbonyl (C=O) groups is 1. The van der Waals surface area contributed by atoms with E-state index in [0.29, 0.717) is 0 Å². The summed E-state index contributed by atoms with van der Waals surface area (Å²) in [6, 6.07) is 3.30. The molecule has 2 aliphatic rings. The number of hydrogen-bond acceptors (Lipinski definition) is 3. The zero-order chi connectivity index (χ0) is 17.3. The third kappa shape index (κ3) is 3.02. The van der Waals surface area contributed by atoms with Gasteiger partial charge in [-0.1, -0.05) is 26.7 Å². The van der Waals surface area contributed by atoms with Crippen LogP contribution >= 0.6 is 0 Å². The number of piperidine rings is 1. The molecule has 0 aromatic carbocycles. The highest BCUT2D eigenvalue weighted by Gasteiger charge is 2.54. The number of nitrogens with zero attached hydrogens (tertiary/aromatic N) is 3. The molecule has 0 saturated carbocycles. The van der Waals surface area contributed by atoms with Crippen LogP contribution in [0.3, 0.4) is 0 Å². The Kier molecular flexibility index (Phi) is 4.81. The van der Waals surface area contributed by atoms with E-state index < -0.39 is 0 Å². The van der Waals surface area contributed by atoms with Crippen LogP contribution in [0, 0.1) is 11.3 Å². The highest BCUT2D eigenvalue weighted by atomic mass is 16.2. The second-order valence-corrected chi connectivity index (χ2v) is 7.53. The van der Waals surface area contributed by atoms with Gasteiger partial charge in [-0.15, -0.1) is 0 Å². The molecule has 2 aliphatic heterocycles. The SMILES string of the molecule is CCC(CC)CN1CCCC2(C1)CN(c1ccc(=O)n(C)c1)C2=O. The smallest absolute Gasteiger partial charge is 0.250 e. The van der Waals surface area contributed by atoms with E-state index in [2.05, 4.69) is 18.7 Å². The first kappa shape index (κ1) is 17.2. The summed E-state index contributed by atoms with van der Waals surface area (Å²) in [5.41, 5.74) is 0.596. The maximum Gasteiger partial charge on any atom is 0.250 e. The fourth-order valence-electron chi connectivity index (χ4n) is 4.18. The number of β-lactam (4-membered cyclic amide) rings is 1. The van der Waals surface area contributed by atoms with Crippen molar-refractivity contribution in [2.24, 2.45) is 18.4 Å². The predicted octanol–water partition coefficient (Wildman–Crippen LogP) is 2.25. The number of aryl methyl sites for hydroxylation is 1. The van der Waals surface area contributed by atoms with Crippen LogP contribution < -0.4 is 10.5 Å². The molecule has 1 amide bonds. The zero-order valence-electron chi connectivity index (χ0n) is 15.1. The van der Waals surface area contributed by atoms with Crippen LogP contribution in [0.25, 0.3) is 0 Å². The first-order valence-corrected chi connectivity index (χ1v) is 9.20. The standard InChI is InChI=1S/C19H29N3O2/c1-4-15(5-2)11-21-10-6-9-19(13-21)14-22(18(19)24)16-7-8-17(23)20(3)12-16/h7-8,12,15H,4-6,9-11,13-14H2,1-3H3. The topological polar surface area (TPSA) is 45.5 Å². The van der Waals surface area contributed by atoms with Gasteiger partial charge in [-0.25, -0.2) is 0 Å². The highest BCUT2D eigenvalue weighted by molar-refractivity contribution is 6.04. The Morgan fingerprint density at radius 1 is 1.17 bits per heavy atom. The van der Waals surface area contributed by atoms with E-state index in [0.717, 1.165) is 50.6 Å². The molecule has 5 nitrogen and oxygen atoms in total. The van der Waals surface area contributed by atoms with Gasteiger partial charge in [0.1, 0.15) is 0 Å². The van der Waals surface area contributed by atoms with E-state index in [1.54, 1.807) is 19.3 Å². The number of anilines is 1. The third-order valence-electron chi connectivity index (χ3n) is 5.87. The second kappa shape index (κ2) is 6.71. The van der Waals surface area contributed by atoms with Gasteiger partial charge in [-0.3, -0.25) is 9.59 Å². The Bertz CT molecular complexity index is 665. The first-order chi connectivity index (χ1) is 11.5. The molecule has 0 aliphatic carbocycles. The fraction of sp³-hybridized carbons (Fsp3) is 0.684. The number of hydrogen-bond donors (Lipinski definition) is 0. The van der Waals surface area contributed by atoms with Crippen molar-refractivity contribution in [1.29, 1.82) is 0 Å². The van der Waals surface area contributed by atoms with Crippen LogP contribution in [0.4, 0.5) is 5.69 Å². The lowest BCUT2D eigenvalue weighted by Gasteiger charge is -2.53. The number of pyridine rings is 1. The number of amides is 1. The molecule has 1 spiro atoms. The van der Waals surface area contributed by atoms with Crippen molar-refractivity contribution in [2.45, 2.75) is 39.5 Å². The zero-order valence-corrected chi connectivity index (χ0v) is 15.1. The number of likely N-dealkylation sites (tertiary alicyclic amines) is 1. The molecule has 132 valence electrons. The van der Waals surface area contributed by atoms with Gasteiger partial charge in [-0.05, 0) is 31.4 Å². The number of rotatable bonds is 5. The Morgan fingerprint density at radius 2 is 1.92 bits per heavy atom. The summed E-state index contributed by atoms with van der Waals surface area (Å²) in [5, 5.41) is 0. The normalized spacial score (nSPS) is 24.7. The molecule has 0 N–H and O–H groups in total. The minimum atomic E-state index is -0.195. The molecule has 24 heavy (non-hydrogen) atoms. The number of aromatic nitrogens is 1. The molecule has 2 fully saturated rings. The van der Waals surface area contributed by atoms with Crippen LogP contribution in [-0.4, -0.2) is 41.6 Å². The summed E-state index contributed by atoms with van der Waals surface area (Å²) in [6.45, 7) is 8.41. The monoisotopic (exact) mass is 331 g/mol. The van der Waals surface area contributed by atoms with Gasteiger partial charge >= 0.3 is 0 Å². The lowest BCUT2D eigenvalue weighted by atomic mass is 9.72. The van der Waals surface area contributed by atoms with E-state index in [4.69, 9.17) is 0 Å². The molecular weight excluding hydrogens is 302 g/mol. The van der Waals surface area contributed by atoms with Gasteiger partial charge in [0.15, 0.2) is 0 Å². The Labute approximate surface area is 144 Å². The lowest BCUT2D eigenvalue weighted by molar-refractivity contribution is -0.139. The largest absolute Gasteiger partial charge is 0.317 e. The van der Waals surface area contributed by atoms with Gasteiger partial charge < -0.3 is 14.4 Å². The highest BCUT2D eigenvalue weighted by Crippen LogP contribution is 2.42. The van der Waals surface area contributed by atoms with Crippen LogP contribution in [0.5, 0.6) is 0 Å². The Balaban J connectivity index is 1.68. The van der Waals surface area contributed by atoms with Crippen molar-refractivity contribution < 1.29 is 4.79 Å². The Hall–Kier alpha value is -1.62.